The van der Waals surface area contributed by atoms with Crippen LogP contribution >= 0.6 is 43.7 Å². The number of halogens is 4. The van der Waals surface area contributed by atoms with Crippen LogP contribution in [0.3, 0.4) is 0 Å². The minimum atomic E-state index is -1.21. The van der Waals surface area contributed by atoms with Crippen LogP contribution < -0.4 is 0 Å². The van der Waals surface area contributed by atoms with Crippen molar-refractivity contribution in [2.75, 3.05) is 0 Å². The quantitative estimate of drug-likeness (QED) is 0.468. The van der Waals surface area contributed by atoms with Gasteiger partial charge in [-0.15, -0.1) is 0 Å². The Bertz CT molecular complexity index is 37.3. The van der Waals surface area contributed by atoms with Crippen LogP contribution in [0.25, 0.3) is 0 Å². The summed E-state index contributed by atoms with van der Waals surface area (Å²) in [7, 11) is 5.25. The van der Waals surface area contributed by atoms with E-state index in [1.54, 1.807) is 0 Å². The van der Waals surface area contributed by atoms with E-state index in [4.69, 9.17) is 43.7 Å². The van der Waals surface area contributed by atoms with E-state index in [1.807, 2.05) is 0 Å². The first-order valence-corrected chi connectivity index (χ1v) is 7.18. The van der Waals surface area contributed by atoms with E-state index in [2.05, 4.69) is 0 Å². The van der Waals surface area contributed by atoms with Crippen molar-refractivity contribution in [3.05, 3.63) is 0 Å². The molecule has 0 fully saturated rings. The Morgan fingerprint density at radius 3 is 1.33 bits per heavy atom. The molecule has 0 saturated heterocycles. The Kier molecular flexibility index (Phi) is 4.08. The van der Waals surface area contributed by atoms with Crippen molar-refractivity contribution in [2.45, 2.75) is 1.81 Å². The van der Waals surface area contributed by atoms with Crippen molar-refractivity contribution in [1.29, 1.82) is 0 Å². The van der Waals surface area contributed by atoms with Crippen LogP contribution in [-0.4, -0.2) is 21.8 Å². The van der Waals surface area contributed by atoms with E-state index in [0.717, 1.165) is 0 Å². The first-order valence-electron chi connectivity index (χ1n) is 1.01. The summed E-state index contributed by atoms with van der Waals surface area (Å²) in [5.74, 6) is 0. The van der Waals surface area contributed by atoms with E-state index >= 15 is 0 Å². The molecule has 0 aliphatic carbocycles. The second-order valence-corrected chi connectivity index (χ2v) is 9.53. The van der Waals surface area contributed by atoms with Crippen LogP contribution in [-0.2, 0) is 0 Å². The third kappa shape index (κ3) is 5.96. The zero-order valence-corrected chi connectivity index (χ0v) is 8.39. The molecule has 2 radical (unpaired) electrons. The van der Waals surface area contributed by atoms with Crippen LogP contribution in [0.2, 0.25) is 0 Å². The third-order valence-electron chi connectivity index (χ3n) is 0.107. The van der Waals surface area contributed by atoms with Gasteiger partial charge in [0.05, 0.1) is 0 Å². The van der Waals surface area contributed by atoms with Crippen LogP contribution in [0.15, 0.2) is 0 Å². The van der Waals surface area contributed by atoms with Gasteiger partial charge < -0.3 is 0 Å². The van der Waals surface area contributed by atoms with Crippen LogP contribution in [0.5, 0.6) is 0 Å². The molecule has 6 heavy (non-hydrogen) atoms. The summed E-state index contributed by atoms with van der Waals surface area (Å²) in [6, 6.07) is 0. The summed E-state index contributed by atoms with van der Waals surface area (Å²) in [5, 5.41) is 0. The SMILES string of the molecule is [Cl][Sn][C](Cl)(Cl)Cl. The number of hydrogen-bond donors (Lipinski definition) is 0. The summed E-state index contributed by atoms with van der Waals surface area (Å²) < 4.78 is -1.11. The third-order valence-corrected chi connectivity index (χ3v) is 6.47. The van der Waals surface area contributed by atoms with Crippen LogP contribution in [0, 0.1) is 0 Å². The van der Waals surface area contributed by atoms with E-state index in [9.17, 15) is 0 Å². The van der Waals surface area contributed by atoms with Gasteiger partial charge in [-0.3, -0.25) is 0 Å². The van der Waals surface area contributed by atoms with Crippen molar-refractivity contribution in [3.8, 4) is 0 Å². The van der Waals surface area contributed by atoms with Crippen LogP contribution in [0.4, 0.5) is 0 Å². The second kappa shape index (κ2) is 3.08. The molecular formula is CCl4Sn. The van der Waals surface area contributed by atoms with Gasteiger partial charge in [0.2, 0.25) is 0 Å². The molecule has 0 aromatic rings. The first kappa shape index (κ1) is 7.96. The Morgan fingerprint density at radius 2 is 1.33 bits per heavy atom. The molecule has 36 valence electrons. The van der Waals surface area contributed by atoms with Crippen LogP contribution in [0.1, 0.15) is 0 Å². The first-order chi connectivity index (χ1) is 2.56. The normalized spacial score (nSPS) is 12.0. The number of hydrogen-bond acceptors (Lipinski definition) is 0. The molecule has 0 nitrogen and oxygen atoms in total. The predicted molar refractivity (Wildman–Crippen MR) is 31.9 cm³/mol. The monoisotopic (exact) mass is 272 g/mol. The van der Waals surface area contributed by atoms with E-state index in [1.165, 1.54) is 0 Å². The zero-order valence-electron chi connectivity index (χ0n) is 2.51. The fourth-order valence-electron chi connectivity index (χ4n) is 0. The summed E-state index contributed by atoms with van der Waals surface area (Å²) in [5.41, 5.74) is 0. The topological polar surface area (TPSA) is 0 Å². The summed E-state index contributed by atoms with van der Waals surface area (Å²) in [6.07, 6.45) is 0. The van der Waals surface area contributed by atoms with Gasteiger partial charge in [0, 0.05) is 0 Å². The Balaban J connectivity index is 3.17. The number of rotatable bonds is 0. The second-order valence-electron chi connectivity index (χ2n) is 0.592. The maximum absolute atomic E-state index is 5.25. The molecule has 0 amide bonds. The van der Waals surface area contributed by atoms with Crippen molar-refractivity contribution in [1.82, 2.24) is 0 Å². The van der Waals surface area contributed by atoms with E-state index < -0.39 is 21.8 Å². The molecule has 0 aromatic heterocycles. The standard InChI is InChI=1S/CCl3.ClH.Sn/c2-1(3)4;;/h;1H;/q;;+1/p-1. The Hall–Kier alpha value is 1.96. The molecule has 0 N–H and O–H groups in total. The summed E-state index contributed by atoms with van der Waals surface area (Å²) in [6.45, 7) is 0. The number of alkyl halides is 3. The predicted octanol–water partition coefficient (Wildman–Crippen LogP) is 2.17. The van der Waals surface area contributed by atoms with Gasteiger partial charge in [0.25, 0.3) is 0 Å². The Morgan fingerprint density at radius 1 is 1.17 bits per heavy atom. The molecule has 5 heteroatoms. The summed E-state index contributed by atoms with van der Waals surface area (Å²) in [4.78, 5) is 0. The average Bonchev–Trinajstić information content (AvgIpc) is 1.35. The van der Waals surface area contributed by atoms with Crippen molar-refractivity contribution in [3.63, 3.8) is 0 Å². The van der Waals surface area contributed by atoms with Gasteiger partial charge in [-0.1, -0.05) is 0 Å². The van der Waals surface area contributed by atoms with Crippen molar-refractivity contribution >= 4 is 63.7 Å². The molecule has 0 rings (SSSR count). The molecule has 0 bridgehead atoms. The van der Waals surface area contributed by atoms with E-state index in [0.29, 0.717) is 0 Å². The summed E-state index contributed by atoms with van der Waals surface area (Å²) >= 11 is 14.4. The van der Waals surface area contributed by atoms with Crippen molar-refractivity contribution in [2.24, 2.45) is 0 Å². The molecule has 0 aliphatic heterocycles. The van der Waals surface area contributed by atoms with Gasteiger partial charge >= 0.3 is 65.5 Å². The fraction of sp³-hybridized carbons (Fsp3) is 1.00. The Labute approximate surface area is 65.0 Å². The average molecular weight is 273 g/mol. The fourth-order valence-corrected chi connectivity index (χ4v) is 0. The maximum atomic E-state index is 5.25. The van der Waals surface area contributed by atoms with Gasteiger partial charge in [-0.25, -0.2) is 0 Å². The molecule has 0 aromatic carbocycles. The molecule has 0 unspecified atom stereocenters. The van der Waals surface area contributed by atoms with Gasteiger partial charge in [0.1, 0.15) is 0 Å². The molecule has 0 saturated carbocycles. The minimum absolute atomic E-state index is 1.11. The van der Waals surface area contributed by atoms with Gasteiger partial charge in [0.15, 0.2) is 0 Å². The molecule has 0 spiro atoms. The molecular weight excluding hydrogens is 273 g/mol. The van der Waals surface area contributed by atoms with Crippen molar-refractivity contribution < 1.29 is 0 Å². The van der Waals surface area contributed by atoms with Gasteiger partial charge in [-0.2, -0.15) is 0 Å². The molecule has 0 heterocycles. The molecule has 0 aliphatic rings. The molecule has 0 atom stereocenters. The zero-order chi connectivity index (χ0) is 5.21. The van der Waals surface area contributed by atoms with Gasteiger partial charge in [-0.05, 0) is 0 Å². The van der Waals surface area contributed by atoms with E-state index in [-0.39, 0.29) is 0 Å².